The van der Waals surface area contributed by atoms with Crippen molar-refractivity contribution in [3.63, 3.8) is 0 Å². The van der Waals surface area contributed by atoms with Crippen LogP contribution in [0.4, 0.5) is 5.13 Å². The smallest absolute Gasteiger partial charge is 0.247 e. The number of anilines is 1. The largest absolute Gasteiger partial charge is 0.299 e. The van der Waals surface area contributed by atoms with E-state index in [9.17, 15) is 4.79 Å². The van der Waals surface area contributed by atoms with Gasteiger partial charge in [0, 0.05) is 12.4 Å². The Morgan fingerprint density at radius 3 is 3.21 bits per heavy atom. The summed E-state index contributed by atoms with van der Waals surface area (Å²) in [6.45, 7) is 0.187. The molecule has 0 fully saturated rings. The van der Waals surface area contributed by atoms with E-state index in [0.717, 1.165) is 0 Å². The van der Waals surface area contributed by atoms with Crippen molar-refractivity contribution in [2.75, 3.05) is 5.32 Å². The molecule has 2 heterocycles. The first-order chi connectivity index (χ1) is 6.84. The summed E-state index contributed by atoms with van der Waals surface area (Å²) < 4.78 is 1.54. The van der Waals surface area contributed by atoms with Gasteiger partial charge in [0.25, 0.3) is 0 Å². The lowest BCUT2D eigenvalue weighted by Crippen LogP contribution is -2.18. The first-order valence-corrected chi connectivity index (χ1v) is 4.76. The molecule has 0 aliphatic heterocycles. The number of amides is 1. The molecule has 1 amide bonds. The molecule has 0 unspecified atom stereocenters. The molecule has 2 aromatic heterocycles. The zero-order chi connectivity index (χ0) is 9.80. The highest BCUT2D eigenvalue weighted by Gasteiger charge is 2.04. The number of nitrogens with zero attached hydrogens (tertiary/aromatic N) is 4. The SMILES string of the molecule is O=C(Cn1cccn1)Nc1nncs1. The second-order valence-corrected chi connectivity index (χ2v) is 3.33. The topological polar surface area (TPSA) is 72.7 Å². The molecule has 72 valence electrons. The maximum Gasteiger partial charge on any atom is 0.247 e. The van der Waals surface area contributed by atoms with E-state index >= 15 is 0 Å². The zero-order valence-electron chi connectivity index (χ0n) is 7.12. The van der Waals surface area contributed by atoms with Crippen molar-refractivity contribution in [3.05, 3.63) is 24.0 Å². The van der Waals surface area contributed by atoms with Crippen LogP contribution >= 0.6 is 11.3 Å². The first-order valence-electron chi connectivity index (χ1n) is 3.88. The molecule has 0 aliphatic rings. The molecule has 0 atom stereocenters. The quantitative estimate of drug-likeness (QED) is 0.792. The number of nitrogens with one attached hydrogen (secondary N) is 1. The second kappa shape index (κ2) is 3.97. The van der Waals surface area contributed by atoms with Crippen molar-refractivity contribution >= 4 is 22.4 Å². The van der Waals surface area contributed by atoms with Gasteiger partial charge in [0.1, 0.15) is 12.1 Å². The molecular weight excluding hydrogens is 202 g/mol. The van der Waals surface area contributed by atoms with Gasteiger partial charge in [0.2, 0.25) is 11.0 Å². The van der Waals surface area contributed by atoms with Crippen LogP contribution in [0.25, 0.3) is 0 Å². The fourth-order valence-corrected chi connectivity index (χ4v) is 1.39. The zero-order valence-corrected chi connectivity index (χ0v) is 7.94. The lowest BCUT2D eigenvalue weighted by atomic mass is 10.6. The van der Waals surface area contributed by atoms with E-state index in [1.54, 1.807) is 24.0 Å². The number of carbonyl (C=O) groups excluding carboxylic acids is 1. The van der Waals surface area contributed by atoms with E-state index in [2.05, 4.69) is 20.6 Å². The maximum absolute atomic E-state index is 11.3. The molecule has 0 spiro atoms. The van der Waals surface area contributed by atoms with E-state index < -0.39 is 0 Å². The Balaban J connectivity index is 1.91. The minimum atomic E-state index is -0.162. The van der Waals surface area contributed by atoms with Gasteiger partial charge >= 0.3 is 0 Å². The van der Waals surface area contributed by atoms with Crippen LogP contribution in [0.2, 0.25) is 0 Å². The Morgan fingerprint density at radius 2 is 2.57 bits per heavy atom. The number of carbonyl (C=O) groups is 1. The van der Waals surface area contributed by atoms with Gasteiger partial charge < -0.3 is 0 Å². The predicted octanol–water partition coefficient (Wildman–Crippen LogP) is 0.373. The summed E-state index contributed by atoms with van der Waals surface area (Å²) in [6.07, 6.45) is 3.35. The number of hydrogen-bond donors (Lipinski definition) is 1. The highest BCUT2D eigenvalue weighted by atomic mass is 32.1. The molecule has 0 radical (unpaired) electrons. The summed E-state index contributed by atoms with van der Waals surface area (Å²) in [6, 6.07) is 1.76. The van der Waals surface area contributed by atoms with Crippen LogP contribution in [0.15, 0.2) is 24.0 Å². The molecule has 0 bridgehead atoms. The van der Waals surface area contributed by atoms with Gasteiger partial charge in [-0.2, -0.15) is 5.10 Å². The minimum absolute atomic E-state index is 0.162. The summed E-state index contributed by atoms with van der Waals surface area (Å²) in [4.78, 5) is 11.3. The van der Waals surface area contributed by atoms with E-state index in [1.165, 1.54) is 16.0 Å². The van der Waals surface area contributed by atoms with Crippen molar-refractivity contribution in [1.82, 2.24) is 20.0 Å². The summed E-state index contributed by atoms with van der Waals surface area (Å²) in [5.74, 6) is -0.162. The third-order valence-corrected chi connectivity index (χ3v) is 2.08. The van der Waals surface area contributed by atoms with Crippen LogP contribution in [0.5, 0.6) is 0 Å². The summed E-state index contributed by atoms with van der Waals surface area (Å²) in [7, 11) is 0. The fourth-order valence-electron chi connectivity index (χ4n) is 0.927. The number of aromatic nitrogens is 4. The first kappa shape index (κ1) is 8.82. The van der Waals surface area contributed by atoms with E-state index in [4.69, 9.17) is 0 Å². The molecular formula is C7H7N5OS. The van der Waals surface area contributed by atoms with Gasteiger partial charge in [-0.25, -0.2) is 0 Å². The highest BCUT2D eigenvalue weighted by molar-refractivity contribution is 7.13. The van der Waals surface area contributed by atoms with Crippen LogP contribution in [-0.2, 0) is 11.3 Å². The Morgan fingerprint density at radius 1 is 1.64 bits per heavy atom. The Bertz CT molecular complexity index is 357. The normalized spacial score (nSPS) is 10.0. The van der Waals surface area contributed by atoms with Crippen LogP contribution < -0.4 is 5.32 Å². The molecule has 14 heavy (non-hydrogen) atoms. The number of rotatable bonds is 3. The third kappa shape index (κ3) is 2.13. The number of hydrogen-bond acceptors (Lipinski definition) is 5. The third-order valence-electron chi connectivity index (χ3n) is 1.47. The molecule has 6 nitrogen and oxygen atoms in total. The average molecular weight is 209 g/mol. The Labute approximate surface area is 83.6 Å². The molecule has 0 saturated carbocycles. The molecule has 7 heteroatoms. The van der Waals surface area contributed by atoms with Gasteiger partial charge in [-0.15, -0.1) is 10.2 Å². The maximum atomic E-state index is 11.3. The molecule has 1 N–H and O–H groups in total. The summed E-state index contributed by atoms with van der Waals surface area (Å²) in [5.41, 5.74) is 1.56. The van der Waals surface area contributed by atoms with E-state index in [-0.39, 0.29) is 12.5 Å². The molecule has 2 rings (SSSR count). The van der Waals surface area contributed by atoms with Gasteiger partial charge in [0.05, 0.1) is 0 Å². The van der Waals surface area contributed by atoms with Crippen LogP contribution in [0.1, 0.15) is 0 Å². The van der Waals surface area contributed by atoms with Gasteiger partial charge in [-0.3, -0.25) is 14.8 Å². The van der Waals surface area contributed by atoms with Crippen molar-refractivity contribution in [3.8, 4) is 0 Å². The molecule has 2 aromatic rings. The molecule has 0 saturated heterocycles. The van der Waals surface area contributed by atoms with Gasteiger partial charge in [0.15, 0.2) is 0 Å². The monoisotopic (exact) mass is 209 g/mol. The van der Waals surface area contributed by atoms with Crippen molar-refractivity contribution in [1.29, 1.82) is 0 Å². The second-order valence-electron chi connectivity index (χ2n) is 2.50. The Kier molecular flexibility index (Phi) is 2.50. The van der Waals surface area contributed by atoms with Crippen molar-refractivity contribution < 1.29 is 4.79 Å². The minimum Gasteiger partial charge on any atom is -0.299 e. The van der Waals surface area contributed by atoms with Crippen molar-refractivity contribution in [2.45, 2.75) is 6.54 Å². The summed E-state index contributed by atoms with van der Waals surface area (Å²) >= 11 is 1.28. The van der Waals surface area contributed by atoms with Gasteiger partial charge in [-0.05, 0) is 6.07 Å². The lowest BCUT2D eigenvalue weighted by Gasteiger charge is -2.00. The van der Waals surface area contributed by atoms with Crippen molar-refractivity contribution in [2.24, 2.45) is 0 Å². The molecule has 0 aromatic carbocycles. The summed E-state index contributed by atoms with van der Waals surface area (Å²) in [5, 5.41) is 14.3. The van der Waals surface area contributed by atoms with E-state index in [0.29, 0.717) is 5.13 Å². The predicted molar refractivity (Wildman–Crippen MR) is 50.8 cm³/mol. The van der Waals surface area contributed by atoms with Crippen LogP contribution in [0, 0.1) is 0 Å². The Hall–Kier alpha value is -1.76. The van der Waals surface area contributed by atoms with Crippen LogP contribution in [0.3, 0.4) is 0 Å². The van der Waals surface area contributed by atoms with E-state index in [1.807, 2.05) is 0 Å². The van der Waals surface area contributed by atoms with Crippen LogP contribution in [-0.4, -0.2) is 25.9 Å². The highest BCUT2D eigenvalue weighted by Crippen LogP contribution is 2.07. The lowest BCUT2D eigenvalue weighted by molar-refractivity contribution is -0.116. The molecule has 0 aliphatic carbocycles. The average Bonchev–Trinajstić information content (AvgIpc) is 2.76. The standard InChI is InChI=1S/C7H7N5OS/c13-6(4-12-3-1-2-9-12)10-7-11-8-5-14-7/h1-3,5H,4H2,(H,10,11,13). The van der Waals surface area contributed by atoms with Gasteiger partial charge in [-0.1, -0.05) is 11.3 Å². The fraction of sp³-hybridized carbons (Fsp3) is 0.143.